The van der Waals surface area contributed by atoms with Gasteiger partial charge in [-0.3, -0.25) is 9.59 Å². The van der Waals surface area contributed by atoms with E-state index in [1.807, 2.05) is 29.2 Å². The molecule has 1 saturated heterocycles. The molecule has 26 heavy (non-hydrogen) atoms. The van der Waals surface area contributed by atoms with Crippen molar-refractivity contribution in [3.05, 3.63) is 29.8 Å². The van der Waals surface area contributed by atoms with Crippen LogP contribution < -0.4 is 10.1 Å². The minimum Gasteiger partial charge on any atom is -0.497 e. The van der Waals surface area contributed by atoms with E-state index >= 15 is 0 Å². The van der Waals surface area contributed by atoms with Crippen LogP contribution >= 0.6 is 0 Å². The summed E-state index contributed by atoms with van der Waals surface area (Å²) in [7, 11) is 1.61. The molecule has 0 radical (unpaired) electrons. The van der Waals surface area contributed by atoms with Crippen LogP contribution in [0.2, 0.25) is 0 Å². The van der Waals surface area contributed by atoms with Crippen LogP contribution in [0.15, 0.2) is 24.3 Å². The highest BCUT2D eigenvalue weighted by Crippen LogP contribution is 2.39. The monoisotopic (exact) mass is 360 g/mol. The number of benzene rings is 1. The number of hydrogen-bond donors (Lipinski definition) is 1. The number of carbonyl (C=O) groups is 2. The summed E-state index contributed by atoms with van der Waals surface area (Å²) in [5.41, 5.74) is 0.869. The molecular weight excluding hydrogens is 332 g/mol. The van der Waals surface area contributed by atoms with Gasteiger partial charge in [0.15, 0.2) is 6.10 Å². The molecule has 0 aromatic heterocycles. The van der Waals surface area contributed by atoms with Crippen LogP contribution in [-0.2, 0) is 14.3 Å². The zero-order valence-electron chi connectivity index (χ0n) is 16.0. The lowest BCUT2D eigenvalue weighted by molar-refractivity contribution is -0.165. The minimum atomic E-state index is -0.705. The molecular formula is C20H28N2O4. The summed E-state index contributed by atoms with van der Waals surface area (Å²) >= 11 is 0. The van der Waals surface area contributed by atoms with E-state index in [1.54, 1.807) is 7.11 Å². The number of morpholine rings is 1. The molecule has 1 aliphatic heterocycles. The fraction of sp³-hybridized carbons (Fsp3) is 0.600. The molecule has 142 valence electrons. The number of hydrogen-bond acceptors (Lipinski definition) is 4. The van der Waals surface area contributed by atoms with Crippen molar-refractivity contribution in [2.45, 2.75) is 51.8 Å². The van der Waals surface area contributed by atoms with Crippen LogP contribution in [0.4, 0.5) is 0 Å². The molecule has 1 aromatic rings. The van der Waals surface area contributed by atoms with Gasteiger partial charge in [0.05, 0.1) is 13.2 Å². The Hall–Kier alpha value is -2.08. The van der Waals surface area contributed by atoms with Gasteiger partial charge in [-0.05, 0) is 36.0 Å². The molecule has 2 aliphatic rings. The molecule has 2 atom stereocenters. The van der Waals surface area contributed by atoms with Crippen molar-refractivity contribution in [3.8, 4) is 5.75 Å². The van der Waals surface area contributed by atoms with Gasteiger partial charge in [0.1, 0.15) is 12.4 Å². The number of rotatable bonds is 5. The highest BCUT2D eigenvalue weighted by molar-refractivity contribution is 5.86. The maximum Gasteiger partial charge on any atom is 0.251 e. The minimum absolute atomic E-state index is 0.0219. The second kappa shape index (κ2) is 7.27. The van der Waals surface area contributed by atoms with Gasteiger partial charge in [-0.25, -0.2) is 0 Å². The Kier molecular flexibility index (Phi) is 5.23. The average molecular weight is 360 g/mol. The van der Waals surface area contributed by atoms with Gasteiger partial charge >= 0.3 is 0 Å². The van der Waals surface area contributed by atoms with Crippen molar-refractivity contribution in [1.29, 1.82) is 0 Å². The van der Waals surface area contributed by atoms with Gasteiger partial charge in [-0.15, -0.1) is 0 Å². The predicted molar refractivity (Wildman–Crippen MR) is 97.8 cm³/mol. The molecule has 1 N–H and O–H groups in total. The third-order valence-corrected chi connectivity index (χ3v) is 4.71. The van der Waals surface area contributed by atoms with E-state index in [4.69, 9.17) is 9.47 Å². The highest BCUT2D eigenvalue weighted by atomic mass is 16.5. The standard InChI is InChI=1S/C20H28N2O4/c1-20(2,3)12-21-19(24)18-17(13-5-9-15(25-4)10-6-13)22(14-7-8-14)16(23)11-26-18/h5-6,9-10,14,17-18H,7-8,11-12H2,1-4H3,(H,21,24)/t17-,18+/m1/s1. The number of methoxy groups -OCH3 is 1. The first-order chi connectivity index (χ1) is 12.3. The SMILES string of the molecule is COc1ccc([C@@H]2[C@@H](C(=O)NCC(C)(C)C)OCC(=O)N2C2CC2)cc1. The number of amides is 2. The molecule has 6 heteroatoms. The molecule has 1 saturated carbocycles. The molecule has 2 amide bonds. The second-order valence-corrected chi connectivity index (χ2v) is 8.26. The summed E-state index contributed by atoms with van der Waals surface area (Å²) in [6.07, 6.45) is 1.26. The first-order valence-electron chi connectivity index (χ1n) is 9.14. The molecule has 0 bridgehead atoms. The number of nitrogens with zero attached hydrogens (tertiary/aromatic N) is 1. The van der Waals surface area contributed by atoms with E-state index in [1.165, 1.54) is 0 Å². The van der Waals surface area contributed by atoms with Gasteiger partial charge in [0, 0.05) is 12.6 Å². The van der Waals surface area contributed by atoms with Crippen LogP contribution in [0.5, 0.6) is 5.75 Å². The first-order valence-corrected chi connectivity index (χ1v) is 9.14. The van der Waals surface area contributed by atoms with E-state index in [-0.39, 0.29) is 29.9 Å². The normalized spacial score (nSPS) is 23.7. The Labute approximate surface area is 154 Å². The number of ether oxygens (including phenoxy) is 2. The molecule has 3 rings (SSSR count). The topological polar surface area (TPSA) is 67.9 Å². The van der Waals surface area contributed by atoms with Crippen molar-refractivity contribution in [2.75, 3.05) is 20.3 Å². The van der Waals surface area contributed by atoms with Crippen LogP contribution in [0.3, 0.4) is 0 Å². The number of carbonyl (C=O) groups excluding carboxylic acids is 2. The molecule has 1 heterocycles. The van der Waals surface area contributed by atoms with Crippen LogP contribution in [0.25, 0.3) is 0 Å². The quantitative estimate of drug-likeness (QED) is 0.875. The summed E-state index contributed by atoms with van der Waals surface area (Å²) < 4.78 is 10.9. The van der Waals surface area contributed by atoms with Gasteiger partial charge in [0.2, 0.25) is 5.91 Å². The molecule has 0 unspecified atom stereocenters. The lowest BCUT2D eigenvalue weighted by Gasteiger charge is -2.41. The average Bonchev–Trinajstić information content (AvgIpc) is 3.43. The Morgan fingerprint density at radius 3 is 2.46 bits per heavy atom. The van der Waals surface area contributed by atoms with Crippen molar-refractivity contribution >= 4 is 11.8 Å². The van der Waals surface area contributed by atoms with Crippen molar-refractivity contribution in [1.82, 2.24) is 10.2 Å². The Morgan fingerprint density at radius 2 is 1.92 bits per heavy atom. The van der Waals surface area contributed by atoms with Crippen molar-refractivity contribution < 1.29 is 19.1 Å². The first kappa shape index (κ1) is 18.7. The van der Waals surface area contributed by atoms with E-state index in [2.05, 4.69) is 26.1 Å². The molecule has 1 aliphatic carbocycles. The Balaban J connectivity index is 1.87. The third kappa shape index (κ3) is 4.18. The Bertz CT molecular complexity index is 661. The van der Waals surface area contributed by atoms with Gasteiger partial charge in [-0.2, -0.15) is 0 Å². The summed E-state index contributed by atoms with van der Waals surface area (Å²) in [5.74, 6) is 0.524. The van der Waals surface area contributed by atoms with Crippen LogP contribution in [0.1, 0.15) is 45.2 Å². The zero-order chi connectivity index (χ0) is 18.9. The molecule has 6 nitrogen and oxygen atoms in total. The summed E-state index contributed by atoms with van der Waals surface area (Å²) in [4.78, 5) is 27.2. The summed E-state index contributed by atoms with van der Waals surface area (Å²) in [5, 5.41) is 2.98. The van der Waals surface area contributed by atoms with E-state index in [0.717, 1.165) is 24.2 Å². The van der Waals surface area contributed by atoms with E-state index in [9.17, 15) is 9.59 Å². The lowest BCUT2D eigenvalue weighted by Crippen LogP contribution is -2.55. The zero-order valence-corrected chi connectivity index (χ0v) is 16.0. The largest absolute Gasteiger partial charge is 0.497 e. The van der Waals surface area contributed by atoms with Gasteiger partial charge < -0.3 is 19.7 Å². The smallest absolute Gasteiger partial charge is 0.251 e. The predicted octanol–water partition coefficient (Wildman–Crippen LogP) is 2.29. The lowest BCUT2D eigenvalue weighted by atomic mass is 9.94. The number of nitrogens with one attached hydrogen (secondary N) is 1. The Morgan fingerprint density at radius 1 is 1.27 bits per heavy atom. The third-order valence-electron chi connectivity index (χ3n) is 4.71. The summed E-state index contributed by atoms with van der Waals surface area (Å²) in [6, 6.07) is 7.31. The van der Waals surface area contributed by atoms with Gasteiger partial charge in [0.25, 0.3) is 5.91 Å². The fourth-order valence-corrected chi connectivity index (χ4v) is 3.22. The molecule has 0 spiro atoms. The highest BCUT2D eigenvalue weighted by Gasteiger charge is 2.47. The van der Waals surface area contributed by atoms with Crippen molar-refractivity contribution in [2.24, 2.45) is 5.41 Å². The van der Waals surface area contributed by atoms with Crippen LogP contribution in [-0.4, -0.2) is 49.1 Å². The maximum atomic E-state index is 12.8. The second-order valence-electron chi connectivity index (χ2n) is 8.26. The fourth-order valence-electron chi connectivity index (χ4n) is 3.22. The molecule has 2 fully saturated rings. The molecule has 1 aromatic carbocycles. The maximum absolute atomic E-state index is 12.8. The van der Waals surface area contributed by atoms with E-state index < -0.39 is 12.1 Å². The van der Waals surface area contributed by atoms with Gasteiger partial charge in [-0.1, -0.05) is 32.9 Å². The summed E-state index contributed by atoms with van der Waals surface area (Å²) in [6.45, 7) is 6.71. The van der Waals surface area contributed by atoms with E-state index in [0.29, 0.717) is 6.54 Å². The van der Waals surface area contributed by atoms with Crippen molar-refractivity contribution in [3.63, 3.8) is 0 Å². The van der Waals surface area contributed by atoms with Crippen LogP contribution in [0, 0.1) is 5.41 Å².